The highest BCUT2D eigenvalue weighted by molar-refractivity contribution is 5.97. The molecule has 1 aliphatic carbocycles. The average molecular weight is 496 g/mol. The van der Waals surface area contributed by atoms with Gasteiger partial charge in [-0.3, -0.25) is 0 Å². The van der Waals surface area contributed by atoms with Crippen LogP contribution in [0.4, 0.5) is 5.69 Å². The normalized spacial score (nSPS) is 25.4. The summed E-state index contributed by atoms with van der Waals surface area (Å²) < 4.78 is 6.34. The van der Waals surface area contributed by atoms with Crippen LogP contribution in [0.5, 0.6) is 6.01 Å². The molecule has 192 valence electrons. The first kappa shape index (κ1) is 23.2. The fourth-order valence-electron chi connectivity index (χ4n) is 6.95. The number of ether oxygens (including phenoxy) is 1. The van der Waals surface area contributed by atoms with Crippen LogP contribution in [-0.2, 0) is 13.0 Å². The van der Waals surface area contributed by atoms with Crippen molar-refractivity contribution in [3.63, 3.8) is 0 Å². The Hall–Kier alpha value is -2.96. The number of benzene rings is 2. The van der Waals surface area contributed by atoms with E-state index in [9.17, 15) is 0 Å². The predicted molar refractivity (Wildman–Crippen MR) is 149 cm³/mol. The summed E-state index contributed by atoms with van der Waals surface area (Å²) in [6.45, 7) is 6.86. The lowest BCUT2D eigenvalue weighted by Crippen LogP contribution is -2.44. The summed E-state index contributed by atoms with van der Waals surface area (Å²) in [4.78, 5) is 15.1. The molecule has 6 heteroatoms. The van der Waals surface area contributed by atoms with Gasteiger partial charge in [0.25, 0.3) is 0 Å². The van der Waals surface area contributed by atoms with Crippen LogP contribution < -0.4 is 15.0 Å². The molecule has 8 rings (SSSR count). The van der Waals surface area contributed by atoms with Crippen LogP contribution in [0.25, 0.3) is 16.3 Å². The highest BCUT2D eigenvalue weighted by Crippen LogP contribution is 2.39. The summed E-state index contributed by atoms with van der Waals surface area (Å²) in [7, 11) is 2.19. The van der Waals surface area contributed by atoms with Crippen LogP contribution >= 0.6 is 0 Å². The molecule has 1 aromatic heterocycles. The molecule has 4 aliphatic heterocycles. The first-order chi connectivity index (χ1) is 18.1. The highest BCUT2D eigenvalue weighted by Gasteiger charge is 2.34. The maximum atomic E-state index is 6.34. The number of fused-ring (bicyclic) bond motifs is 4. The average Bonchev–Trinajstić information content (AvgIpc) is 3.36. The van der Waals surface area contributed by atoms with Crippen molar-refractivity contribution < 1.29 is 4.74 Å². The zero-order valence-electron chi connectivity index (χ0n) is 22.0. The highest BCUT2D eigenvalue weighted by atomic mass is 16.5. The maximum Gasteiger partial charge on any atom is 0.317 e. The van der Waals surface area contributed by atoms with Crippen LogP contribution in [0.15, 0.2) is 42.5 Å². The maximum absolute atomic E-state index is 6.34. The van der Waals surface area contributed by atoms with Crippen LogP contribution in [0.3, 0.4) is 0 Å². The second-order valence-corrected chi connectivity index (χ2v) is 11.4. The number of nitrogens with one attached hydrogen (secondary N) is 1. The number of anilines is 1. The van der Waals surface area contributed by atoms with Crippen LogP contribution in [0.1, 0.15) is 48.2 Å². The Balaban J connectivity index is 1.26. The summed E-state index contributed by atoms with van der Waals surface area (Å²) in [6, 6.07) is 14.6. The van der Waals surface area contributed by atoms with E-state index < -0.39 is 0 Å². The molecule has 1 N–H and O–H groups in total. The number of hydrogen-bond donors (Lipinski definition) is 1. The number of likely N-dealkylation sites (tertiary alicyclic amines) is 1. The van der Waals surface area contributed by atoms with Gasteiger partial charge in [-0.15, -0.1) is 0 Å². The molecule has 6 nitrogen and oxygen atoms in total. The molecule has 0 spiro atoms. The van der Waals surface area contributed by atoms with E-state index in [4.69, 9.17) is 14.7 Å². The fraction of sp³-hybridized carbons (Fsp3) is 0.484. The third kappa shape index (κ3) is 4.20. The van der Waals surface area contributed by atoms with Gasteiger partial charge in [-0.2, -0.15) is 9.97 Å². The Kier molecular flexibility index (Phi) is 5.89. The van der Waals surface area contributed by atoms with Gasteiger partial charge >= 0.3 is 6.01 Å². The van der Waals surface area contributed by atoms with Crippen LogP contribution in [-0.4, -0.2) is 60.2 Å². The topological polar surface area (TPSA) is 53.5 Å². The van der Waals surface area contributed by atoms with E-state index >= 15 is 0 Å². The lowest BCUT2D eigenvalue weighted by atomic mass is 9.79. The third-order valence-electron chi connectivity index (χ3n) is 9.07. The largest absolute Gasteiger partial charge is 0.462 e. The zero-order chi connectivity index (χ0) is 24.9. The number of aromatic nitrogens is 2. The Morgan fingerprint density at radius 1 is 1.05 bits per heavy atom. The number of piperidine rings is 1. The Labute approximate surface area is 219 Å². The SMILES string of the molecule is Cc1cccc2cccc(N3CCc4c(nc(OC[C@@H]5CCCN5C)nc4C4=CC5CCC4NC5)C3)c12. The van der Waals surface area contributed by atoms with E-state index in [-0.39, 0.29) is 0 Å². The molecule has 37 heavy (non-hydrogen) atoms. The van der Waals surface area contributed by atoms with Crippen molar-refractivity contribution in [2.24, 2.45) is 5.92 Å². The van der Waals surface area contributed by atoms with Crippen molar-refractivity contribution in [1.82, 2.24) is 20.2 Å². The van der Waals surface area contributed by atoms with Gasteiger partial charge in [0.2, 0.25) is 0 Å². The van der Waals surface area contributed by atoms with E-state index in [1.54, 1.807) is 0 Å². The van der Waals surface area contributed by atoms with Crippen molar-refractivity contribution in [3.8, 4) is 6.01 Å². The van der Waals surface area contributed by atoms with E-state index in [0.29, 0.717) is 30.6 Å². The van der Waals surface area contributed by atoms with Gasteiger partial charge in [0.15, 0.2) is 0 Å². The molecule has 2 unspecified atom stereocenters. The van der Waals surface area contributed by atoms with Crippen molar-refractivity contribution >= 4 is 22.0 Å². The smallest absolute Gasteiger partial charge is 0.317 e. The minimum absolute atomic E-state index is 0.400. The first-order valence-corrected chi connectivity index (χ1v) is 14.1. The standard InChI is InChI=1S/C31H37N5O/c1-20-6-3-7-22-8-4-10-28(29(20)22)36-15-13-24-27(18-36)33-31(37-19-23-9-5-14-35(23)2)34-30(24)25-16-21-11-12-26(25)32-17-21/h3-4,6-8,10,16,21,23,26,32H,5,9,11-15,17-19H2,1-2H3/t21?,23-,26?/m0/s1. The van der Waals surface area contributed by atoms with Gasteiger partial charge in [0.05, 0.1) is 17.9 Å². The predicted octanol–water partition coefficient (Wildman–Crippen LogP) is 4.74. The fourth-order valence-corrected chi connectivity index (χ4v) is 6.95. The number of hydrogen-bond acceptors (Lipinski definition) is 6. The van der Waals surface area contributed by atoms with E-state index in [1.807, 2.05) is 0 Å². The van der Waals surface area contributed by atoms with Crippen LogP contribution in [0.2, 0.25) is 0 Å². The quantitative estimate of drug-likeness (QED) is 0.552. The number of nitrogens with zero attached hydrogens (tertiary/aromatic N) is 4. The number of likely N-dealkylation sites (N-methyl/N-ethyl adjacent to an activating group) is 1. The molecule has 3 atom stereocenters. The summed E-state index contributed by atoms with van der Waals surface area (Å²) in [5, 5.41) is 6.39. The zero-order valence-corrected chi connectivity index (χ0v) is 22.0. The molecule has 2 bridgehead atoms. The van der Waals surface area contributed by atoms with Gasteiger partial charge in [-0.05, 0) is 81.1 Å². The molecule has 0 amide bonds. The summed E-state index contributed by atoms with van der Waals surface area (Å²) >= 11 is 0. The van der Waals surface area contributed by atoms with Crippen LogP contribution in [0, 0.1) is 12.8 Å². The Morgan fingerprint density at radius 3 is 2.70 bits per heavy atom. The minimum atomic E-state index is 0.400. The monoisotopic (exact) mass is 495 g/mol. The molecule has 2 fully saturated rings. The second kappa shape index (κ2) is 9.41. The molecule has 0 radical (unpaired) electrons. The van der Waals surface area contributed by atoms with Gasteiger partial charge in [0, 0.05) is 41.8 Å². The molecular weight excluding hydrogens is 458 g/mol. The first-order valence-electron chi connectivity index (χ1n) is 14.1. The third-order valence-corrected chi connectivity index (χ3v) is 9.07. The van der Waals surface area contributed by atoms with E-state index in [0.717, 1.165) is 44.0 Å². The van der Waals surface area contributed by atoms with Gasteiger partial charge in [-0.25, -0.2) is 0 Å². The second-order valence-electron chi connectivity index (χ2n) is 11.4. The number of rotatable bonds is 5. The van der Waals surface area contributed by atoms with Gasteiger partial charge < -0.3 is 19.9 Å². The molecule has 3 aromatic rings. The van der Waals surface area contributed by atoms with Crippen molar-refractivity contribution in [3.05, 3.63) is 65.0 Å². The Morgan fingerprint density at radius 2 is 1.95 bits per heavy atom. The van der Waals surface area contributed by atoms with Crippen molar-refractivity contribution in [1.29, 1.82) is 0 Å². The molecule has 2 aromatic carbocycles. The summed E-state index contributed by atoms with van der Waals surface area (Å²) in [5.74, 6) is 0.612. The molecule has 2 saturated heterocycles. The number of aryl methyl sites for hydroxylation is 1. The molecule has 0 saturated carbocycles. The van der Waals surface area contributed by atoms with E-state index in [2.05, 4.69) is 71.6 Å². The molecule has 5 aliphatic rings. The summed E-state index contributed by atoms with van der Waals surface area (Å²) in [6.07, 6.45) is 8.33. The minimum Gasteiger partial charge on any atom is -0.462 e. The molecular formula is C31H37N5O. The lowest BCUT2D eigenvalue weighted by molar-refractivity contribution is 0.187. The van der Waals surface area contributed by atoms with Gasteiger partial charge in [0.1, 0.15) is 6.61 Å². The van der Waals surface area contributed by atoms with Crippen molar-refractivity contribution in [2.45, 2.75) is 57.7 Å². The van der Waals surface area contributed by atoms with Crippen molar-refractivity contribution in [2.75, 3.05) is 38.2 Å². The Bertz CT molecular complexity index is 1350. The molecule has 5 heterocycles. The summed E-state index contributed by atoms with van der Waals surface area (Å²) in [5.41, 5.74) is 7.57. The lowest BCUT2D eigenvalue weighted by Gasteiger charge is -2.38. The van der Waals surface area contributed by atoms with Gasteiger partial charge in [-0.1, -0.05) is 36.4 Å². The van der Waals surface area contributed by atoms with E-state index in [1.165, 1.54) is 58.8 Å².